The van der Waals surface area contributed by atoms with Crippen LogP contribution in [-0.4, -0.2) is 33.7 Å². The highest BCUT2D eigenvalue weighted by Gasteiger charge is 1.99. The first-order valence-corrected chi connectivity index (χ1v) is 17.3. The van der Waals surface area contributed by atoms with Gasteiger partial charge in [-0.15, -0.1) is 23.5 Å². The highest BCUT2D eigenvalue weighted by Crippen LogP contribution is 2.20. The van der Waals surface area contributed by atoms with Gasteiger partial charge in [0.05, 0.1) is 0 Å². The number of rotatable bonds is 24. The van der Waals surface area contributed by atoms with E-state index in [2.05, 4.69) is 60.7 Å². The molecule has 2 rings (SSSR count). The second-order valence-corrected chi connectivity index (χ2v) is 12.6. The van der Waals surface area contributed by atoms with Crippen LogP contribution in [-0.2, 0) is 9.59 Å². The Hall–Kier alpha value is -1.92. The van der Waals surface area contributed by atoms with E-state index in [1.165, 1.54) is 98.3 Å². The summed E-state index contributed by atoms with van der Waals surface area (Å²) in [4.78, 5) is 23.4. The average Bonchev–Trinajstić information content (AvgIpc) is 2.96. The monoisotopic (exact) mass is 588 g/mol. The van der Waals surface area contributed by atoms with E-state index in [0.717, 1.165) is 25.7 Å². The van der Waals surface area contributed by atoms with Crippen molar-refractivity contribution in [2.24, 2.45) is 0 Å². The Kier molecular flexibility index (Phi) is 24.6. The van der Waals surface area contributed by atoms with Crippen LogP contribution in [0.15, 0.2) is 70.5 Å². The first kappa shape index (κ1) is 36.1. The third-order valence-corrected chi connectivity index (χ3v) is 8.79. The maximum absolute atomic E-state index is 10.3. The van der Waals surface area contributed by atoms with E-state index in [1.807, 2.05) is 23.5 Å². The number of benzene rings is 2. The summed E-state index contributed by atoms with van der Waals surface area (Å²) in [7, 11) is 0. The van der Waals surface area contributed by atoms with Gasteiger partial charge in [-0.1, -0.05) is 113 Å². The standard InChI is InChI=1S/2C17H26O2S/c2*18-17(19)14-10-5-3-1-2-4-6-11-15-20-16-12-8-7-9-13-16/h2*7-9,12-13H,1-6,10-11,14-15H2,(H,18,19). The Morgan fingerprint density at radius 1 is 0.425 bits per heavy atom. The summed E-state index contributed by atoms with van der Waals surface area (Å²) >= 11 is 3.88. The Labute approximate surface area is 252 Å². The minimum Gasteiger partial charge on any atom is -0.481 e. The van der Waals surface area contributed by atoms with Crippen LogP contribution in [0.2, 0.25) is 0 Å². The third-order valence-electron chi connectivity index (χ3n) is 6.59. The molecule has 0 aliphatic rings. The molecule has 0 amide bonds. The van der Waals surface area contributed by atoms with Gasteiger partial charge in [0.15, 0.2) is 0 Å². The molecule has 0 aromatic heterocycles. The number of carbonyl (C=O) groups is 2. The van der Waals surface area contributed by atoms with Gasteiger partial charge in [-0.25, -0.2) is 0 Å². The Morgan fingerprint density at radius 3 is 1.00 bits per heavy atom. The molecule has 224 valence electrons. The van der Waals surface area contributed by atoms with Crippen LogP contribution >= 0.6 is 23.5 Å². The lowest BCUT2D eigenvalue weighted by molar-refractivity contribution is -0.138. The van der Waals surface area contributed by atoms with Gasteiger partial charge in [0.2, 0.25) is 0 Å². The fourth-order valence-corrected chi connectivity index (χ4v) is 6.16. The summed E-state index contributed by atoms with van der Waals surface area (Å²) in [5, 5.41) is 17.0. The number of hydrogen-bond donors (Lipinski definition) is 2. The summed E-state index contributed by atoms with van der Waals surface area (Å²) < 4.78 is 0. The molecule has 0 unspecified atom stereocenters. The number of hydrogen-bond acceptors (Lipinski definition) is 4. The molecule has 0 saturated carbocycles. The van der Waals surface area contributed by atoms with E-state index in [0.29, 0.717) is 12.8 Å². The smallest absolute Gasteiger partial charge is 0.303 e. The predicted molar refractivity (Wildman–Crippen MR) is 173 cm³/mol. The molecule has 6 heteroatoms. The van der Waals surface area contributed by atoms with E-state index in [-0.39, 0.29) is 0 Å². The van der Waals surface area contributed by atoms with Gasteiger partial charge in [0.1, 0.15) is 0 Å². The van der Waals surface area contributed by atoms with Crippen molar-refractivity contribution < 1.29 is 19.8 Å². The molecule has 0 radical (unpaired) electrons. The number of thioether (sulfide) groups is 2. The maximum Gasteiger partial charge on any atom is 0.303 e. The van der Waals surface area contributed by atoms with E-state index in [4.69, 9.17) is 10.2 Å². The van der Waals surface area contributed by atoms with Crippen molar-refractivity contribution in [1.29, 1.82) is 0 Å². The second-order valence-electron chi connectivity index (χ2n) is 10.3. The van der Waals surface area contributed by atoms with Crippen LogP contribution in [0, 0.1) is 0 Å². The van der Waals surface area contributed by atoms with Crippen molar-refractivity contribution in [2.75, 3.05) is 11.5 Å². The minimum absolute atomic E-state index is 0.330. The second kappa shape index (κ2) is 27.3. The summed E-state index contributed by atoms with van der Waals surface area (Å²) in [5.41, 5.74) is 0. The SMILES string of the molecule is O=C(O)CCCCCCCCCCSc1ccccc1.O=C(O)CCCCCCCCCCSc1ccccc1. The molecule has 2 aromatic carbocycles. The lowest BCUT2D eigenvalue weighted by atomic mass is 10.1. The minimum atomic E-state index is -0.666. The number of carboxylic acid groups (broad SMARTS) is 2. The molecule has 0 saturated heterocycles. The highest BCUT2D eigenvalue weighted by atomic mass is 32.2. The van der Waals surface area contributed by atoms with Gasteiger partial charge in [-0.3, -0.25) is 9.59 Å². The molecule has 0 bridgehead atoms. The highest BCUT2D eigenvalue weighted by molar-refractivity contribution is 7.99. The lowest BCUT2D eigenvalue weighted by Crippen LogP contribution is -1.93. The molecule has 0 aliphatic heterocycles. The zero-order valence-electron chi connectivity index (χ0n) is 24.4. The van der Waals surface area contributed by atoms with Crippen LogP contribution in [0.4, 0.5) is 0 Å². The fourth-order valence-electron chi connectivity index (χ4n) is 4.29. The molecule has 4 nitrogen and oxygen atoms in total. The Bertz CT molecular complexity index is 774. The first-order chi connectivity index (χ1) is 19.6. The quantitative estimate of drug-likeness (QED) is 0.0938. The van der Waals surface area contributed by atoms with Crippen molar-refractivity contribution in [2.45, 2.75) is 125 Å². The first-order valence-electron chi connectivity index (χ1n) is 15.4. The van der Waals surface area contributed by atoms with Crippen molar-refractivity contribution in [3.63, 3.8) is 0 Å². The van der Waals surface area contributed by atoms with Gasteiger partial charge < -0.3 is 10.2 Å². The third kappa shape index (κ3) is 25.1. The summed E-state index contributed by atoms with van der Waals surface area (Å²) in [6.07, 6.45) is 19.8. The summed E-state index contributed by atoms with van der Waals surface area (Å²) in [5.74, 6) is 1.09. The number of carboxylic acids is 2. The number of aliphatic carboxylic acids is 2. The Balaban J connectivity index is 0.000000400. The molecular formula is C34H52O4S2. The number of unbranched alkanes of at least 4 members (excludes halogenated alkanes) is 14. The Morgan fingerprint density at radius 2 is 0.700 bits per heavy atom. The van der Waals surface area contributed by atoms with E-state index in [9.17, 15) is 9.59 Å². The van der Waals surface area contributed by atoms with Crippen molar-refractivity contribution in [3.05, 3.63) is 60.7 Å². The molecule has 0 spiro atoms. The van der Waals surface area contributed by atoms with Crippen molar-refractivity contribution in [3.8, 4) is 0 Å². The van der Waals surface area contributed by atoms with Crippen molar-refractivity contribution in [1.82, 2.24) is 0 Å². The summed E-state index contributed by atoms with van der Waals surface area (Å²) in [6.45, 7) is 0. The van der Waals surface area contributed by atoms with Gasteiger partial charge in [0, 0.05) is 22.6 Å². The maximum atomic E-state index is 10.3. The van der Waals surface area contributed by atoms with Gasteiger partial charge in [0.25, 0.3) is 0 Å². The van der Waals surface area contributed by atoms with E-state index in [1.54, 1.807) is 0 Å². The molecule has 40 heavy (non-hydrogen) atoms. The predicted octanol–water partition coefficient (Wildman–Crippen LogP) is 10.7. The van der Waals surface area contributed by atoms with Crippen LogP contribution in [0.3, 0.4) is 0 Å². The fraction of sp³-hybridized carbons (Fsp3) is 0.588. The van der Waals surface area contributed by atoms with Crippen LogP contribution < -0.4 is 0 Å². The summed E-state index contributed by atoms with van der Waals surface area (Å²) in [6, 6.07) is 21.1. The average molecular weight is 589 g/mol. The van der Waals surface area contributed by atoms with Gasteiger partial charge in [-0.2, -0.15) is 0 Å². The van der Waals surface area contributed by atoms with Gasteiger partial charge in [-0.05, 0) is 61.5 Å². The van der Waals surface area contributed by atoms with E-state index >= 15 is 0 Å². The van der Waals surface area contributed by atoms with Crippen LogP contribution in [0.1, 0.15) is 116 Å². The largest absolute Gasteiger partial charge is 0.481 e. The zero-order valence-corrected chi connectivity index (χ0v) is 26.1. The zero-order chi connectivity index (χ0) is 28.9. The van der Waals surface area contributed by atoms with Crippen LogP contribution in [0.5, 0.6) is 0 Å². The topological polar surface area (TPSA) is 74.6 Å². The normalized spacial score (nSPS) is 10.6. The molecule has 0 fully saturated rings. The lowest BCUT2D eigenvalue weighted by Gasteiger charge is -2.02. The van der Waals surface area contributed by atoms with Crippen molar-refractivity contribution >= 4 is 35.5 Å². The molecular weight excluding hydrogens is 537 g/mol. The molecule has 0 aliphatic carbocycles. The molecule has 2 N–H and O–H groups in total. The molecule has 2 aromatic rings. The molecule has 0 heterocycles. The van der Waals surface area contributed by atoms with Gasteiger partial charge >= 0.3 is 11.9 Å². The molecule has 0 atom stereocenters. The van der Waals surface area contributed by atoms with Crippen LogP contribution in [0.25, 0.3) is 0 Å². The van der Waals surface area contributed by atoms with E-state index < -0.39 is 11.9 Å².